The standard InChI is InChI=1S/C13H13N3O3S.ClH/c17-12(16-13-15-3-4-20-13)7-14-6-9-1-2-10-11(5-9)19-8-18-10;/h1-5,14H,6-8H2,(H,15,16,17);1H. The number of fused-ring (bicyclic) bond motifs is 1. The lowest BCUT2D eigenvalue weighted by molar-refractivity contribution is -0.115. The second-order valence-electron chi connectivity index (χ2n) is 4.18. The highest BCUT2D eigenvalue weighted by Crippen LogP contribution is 2.32. The molecule has 0 unspecified atom stereocenters. The van der Waals surface area contributed by atoms with Crippen molar-refractivity contribution in [3.8, 4) is 11.5 Å². The van der Waals surface area contributed by atoms with Gasteiger partial charge in [-0.2, -0.15) is 0 Å². The van der Waals surface area contributed by atoms with Crippen molar-refractivity contribution < 1.29 is 14.3 Å². The fraction of sp³-hybridized carbons (Fsp3) is 0.231. The third-order valence-corrected chi connectivity index (χ3v) is 3.42. The number of carbonyl (C=O) groups excluding carboxylic acids is 1. The summed E-state index contributed by atoms with van der Waals surface area (Å²) in [6, 6.07) is 5.72. The van der Waals surface area contributed by atoms with Gasteiger partial charge in [0.05, 0.1) is 6.54 Å². The summed E-state index contributed by atoms with van der Waals surface area (Å²) in [5.74, 6) is 1.40. The van der Waals surface area contributed by atoms with Gasteiger partial charge >= 0.3 is 0 Å². The van der Waals surface area contributed by atoms with E-state index in [4.69, 9.17) is 9.47 Å². The average molecular weight is 328 g/mol. The van der Waals surface area contributed by atoms with E-state index >= 15 is 0 Å². The number of thiazole rings is 1. The molecule has 0 saturated heterocycles. The second kappa shape index (κ2) is 7.26. The van der Waals surface area contributed by atoms with Crippen molar-refractivity contribution in [3.05, 3.63) is 35.3 Å². The molecule has 8 heteroatoms. The van der Waals surface area contributed by atoms with Gasteiger partial charge in [0, 0.05) is 18.1 Å². The Balaban J connectivity index is 0.00000161. The lowest BCUT2D eigenvalue weighted by Gasteiger charge is -2.05. The van der Waals surface area contributed by atoms with Crippen LogP contribution in [0.1, 0.15) is 5.56 Å². The Kier molecular flexibility index (Phi) is 5.38. The molecule has 1 aromatic carbocycles. The van der Waals surface area contributed by atoms with E-state index in [9.17, 15) is 4.79 Å². The number of anilines is 1. The van der Waals surface area contributed by atoms with Gasteiger partial charge in [0.2, 0.25) is 12.7 Å². The second-order valence-corrected chi connectivity index (χ2v) is 5.07. The largest absolute Gasteiger partial charge is 0.454 e. The number of amides is 1. The highest BCUT2D eigenvalue weighted by molar-refractivity contribution is 7.13. The average Bonchev–Trinajstić information content (AvgIpc) is 3.09. The number of nitrogens with one attached hydrogen (secondary N) is 2. The first-order valence-corrected chi connectivity index (χ1v) is 6.98. The SMILES string of the molecule is Cl.O=C(CNCc1ccc2c(c1)OCO2)Nc1nccs1. The van der Waals surface area contributed by atoms with Crippen molar-refractivity contribution in [2.24, 2.45) is 0 Å². The summed E-state index contributed by atoms with van der Waals surface area (Å²) >= 11 is 1.39. The summed E-state index contributed by atoms with van der Waals surface area (Å²) in [6.45, 7) is 1.08. The third-order valence-electron chi connectivity index (χ3n) is 2.73. The highest BCUT2D eigenvalue weighted by atomic mass is 35.5. The van der Waals surface area contributed by atoms with Gasteiger partial charge < -0.3 is 20.1 Å². The summed E-state index contributed by atoms with van der Waals surface area (Å²) in [6.07, 6.45) is 1.65. The van der Waals surface area contributed by atoms with Crippen LogP contribution in [0.3, 0.4) is 0 Å². The lowest BCUT2D eigenvalue weighted by atomic mass is 10.2. The summed E-state index contributed by atoms with van der Waals surface area (Å²) in [4.78, 5) is 15.6. The van der Waals surface area contributed by atoms with Crippen LogP contribution >= 0.6 is 23.7 Å². The zero-order valence-corrected chi connectivity index (χ0v) is 12.6. The first-order chi connectivity index (χ1) is 9.81. The molecule has 0 fully saturated rings. The van der Waals surface area contributed by atoms with E-state index < -0.39 is 0 Å². The van der Waals surface area contributed by atoms with Crippen LogP contribution in [0.4, 0.5) is 5.13 Å². The Morgan fingerprint density at radius 3 is 3.00 bits per heavy atom. The van der Waals surface area contributed by atoms with Gasteiger partial charge in [-0.05, 0) is 17.7 Å². The van der Waals surface area contributed by atoms with E-state index in [1.165, 1.54) is 11.3 Å². The maximum absolute atomic E-state index is 11.6. The van der Waals surface area contributed by atoms with Crippen LogP contribution in [0.2, 0.25) is 0 Å². The van der Waals surface area contributed by atoms with Gasteiger partial charge in [0.25, 0.3) is 0 Å². The summed E-state index contributed by atoms with van der Waals surface area (Å²) < 4.78 is 10.5. The molecule has 0 atom stereocenters. The van der Waals surface area contributed by atoms with Crippen molar-refractivity contribution >= 4 is 34.8 Å². The Hall–Kier alpha value is -1.83. The number of rotatable bonds is 5. The molecule has 2 N–H and O–H groups in total. The lowest BCUT2D eigenvalue weighted by Crippen LogP contribution is -2.27. The molecule has 0 radical (unpaired) electrons. The molecule has 6 nitrogen and oxygen atoms in total. The first-order valence-electron chi connectivity index (χ1n) is 6.10. The van der Waals surface area contributed by atoms with E-state index in [0.717, 1.165) is 17.1 Å². The van der Waals surface area contributed by atoms with Crippen LogP contribution in [0.5, 0.6) is 11.5 Å². The van der Waals surface area contributed by atoms with Crippen molar-refractivity contribution in [2.45, 2.75) is 6.54 Å². The molecule has 1 aliphatic rings. The van der Waals surface area contributed by atoms with Crippen LogP contribution in [0.15, 0.2) is 29.8 Å². The smallest absolute Gasteiger partial charge is 0.240 e. The maximum atomic E-state index is 11.6. The number of benzene rings is 1. The Morgan fingerprint density at radius 1 is 1.33 bits per heavy atom. The zero-order chi connectivity index (χ0) is 13.8. The normalized spacial score (nSPS) is 11.8. The first kappa shape index (κ1) is 15.6. The molecule has 1 aliphatic heterocycles. The predicted molar refractivity (Wildman–Crippen MR) is 82.3 cm³/mol. The summed E-state index contributed by atoms with van der Waals surface area (Å²) in [5, 5.41) is 8.21. The van der Waals surface area contributed by atoms with Crippen molar-refractivity contribution in [2.75, 3.05) is 18.7 Å². The van der Waals surface area contributed by atoms with E-state index in [2.05, 4.69) is 15.6 Å². The molecule has 0 spiro atoms. The number of hydrogen-bond acceptors (Lipinski definition) is 6. The van der Waals surface area contributed by atoms with Crippen molar-refractivity contribution in [1.29, 1.82) is 0 Å². The van der Waals surface area contributed by atoms with Gasteiger partial charge in [-0.15, -0.1) is 23.7 Å². The Morgan fingerprint density at radius 2 is 2.19 bits per heavy atom. The topological polar surface area (TPSA) is 72.5 Å². The third kappa shape index (κ3) is 4.07. The van der Waals surface area contributed by atoms with Gasteiger partial charge in [-0.3, -0.25) is 4.79 Å². The number of halogens is 1. The molecule has 1 amide bonds. The van der Waals surface area contributed by atoms with E-state index in [1.807, 2.05) is 23.6 Å². The van der Waals surface area contributed by atoms with E-state index in [-0.39, 0.29) is 31.7 Å². The fourth-order valence-corrected chi connectivity index (χ4v) is 2.37. The quantitative estimate of drug-likeness (QED) is 0.879. The molecule has 1 aromatic heterocycles. The monoisotopic (exact) mass is 327 g/mol. The highest BCUT2D eigenvalue weighted by Gasteiger charge is 2.13. The molecule has 0 bridgehead atoms. The fourth-order valence-electron chi connectivity index (χ4n) is 1.82. The van der Waals surface area contributed by atoms with Gasteiger partial charge in [-0.25, -0.2) is 4.98 Å². The van der Waals surface area contributed by atoms with Crippen LogP contribution < -0.4 is 20.1 Å². The Bertz CT molecular complexity index is 607. The molecule has 0 aliphatic carbocycles. The zero-order valence-electron chi connectivity index (χ0n) is 11.0. The molecule has 0 saturated carbocycles. The minimum absolute atomic E-state index is 0. The summed E-state index contributed by atoms with van der Waals surface area (Å²) in [7, 11) is 0. The number of nitrogens with zero attached hydrogens (tertiary/aromatic N) is 1. The molecule has 112 valence electrons. The van der Waals surface area contributed by atoms with Crippen molar-refractivity contribution in [3.63, 3.8) is 0 Å². The van der Waals surface area contributed by atoms with Crippen LogP contribution in [-0.2, 0) is 11.3 Å². The molecule has 3 rings (SSSR count). The molecule has 21 heavy (non-hydrogen) atoms. The summed E-state index contributed by atoms with van der Waals surface area (Å²) in [5.41, 5.74) is 1.04. The minimum atomic E-state index is -0.110. The van der Waals surface area contributed by atoms with Gasteiger partial charge in [0.1, 0.15) is 0 Å². The van der Waals surface area contributed by atoms with Gasteiger partial charge in [0.15, 0.2) is 16.6 Å². The molecule has 2 aromatic rings. The maximum Gasteiger partial charge on any atom is 0.240 e. The van der Waals surface area contributed by atoms with Crippen LogP contribution in [0, 0.1) is 0 Å². The van der Waals surface area contributed by atoms with Gasteiger partial charge in [-0.1, -0.05) is 6.07 Å². The number of aromatic nitrogens is 1. The molecule has 2 heterocycles. The van der Waals surface area contributed by atoms with Crippen LogP contribution in [-0.4, -0.2) is 24.2 Å². The number of carbonyl (C=O) groups is 1. The van der Waals surface area contributed by atoms with E-state index in [0.29, 0.717) is 11.7 Å². The number of hydrogen-bond donors (Lipinski definition) is 2. The van der Waals surface area contributed by atoms with Crippen molar-refractivity contribution in [1.82, 2.24) is 10.3 Å². The minimum Gasteiger partial charge on any atom is -0.454 e. The van der Waals surface area contributed by atoms with E-state index in [1.54, 1.807) is 6.20 Å². The Labute approximate surface area is 131 Å². The predicted octanol–water partition coefficient (Wildman–Crippen LogP) is 2.02. The van der Waals surface area contributed by atoms with Crippen LogP contribution in [0.25, 0.3) is 0 Å². The molecular formula is C13H14ClN3O3S. The molecular weight excluding hydrogens is 314 g/mol. The number of ether oxygens (including phenoxy) is 2.